The van der Waals surface area contributed by atoms with E-state index in [2.05, 4.69) is 50.0 Å². The Morgan fingerprint density at radius 1 is 0.556 bits per heavy atom. The van der Waals surface area contributed by atoms with Gasteiger partial charge in [0.2, 0.25) is 6.23 Å². The molecular formula is C47H90N3O4+. The van der Waals surface area contributed by atoms with E-state index in [1.54, 1.807) is 0 Å². The van der Waals surface area contributed by atoms with Crippen LogP contribution in [0, 0.1) is 0 Å². The number of rotatable bonds is 37. The van der Waals surface area contributed by atoms with Crippen LogP contribution >= 0.6 is 0 Å². The van der Waals surface area contributed by atoms with E-state index in [-0.39, 0.29) is 24.4 Å². The average Bonchev–Trinajstić information content (AvgIpc) is 3.17. The summed E-state index contributed by atoms with van der Waals surface area (Å²) in [5, 5.41) is 0. The van der Waals surface area contributed by atoms with Crippen LogP contribution in [0.25, 0.3) is 0 Å². The van der Waals surface area contributed by atoms with Crippen molar-refractivity contribution in [2.45, 2.75) is 226 Å². The number of nitrogens with two attached hydrogens (primary N) is 1. The molecule has 1 fully saturated rings. The second-order valence-corrected chi connectivity index (χ2v) is 16.4. The van der Waals surface area contributed by atoms with E-state index in [4.69, 9.17) is 15.2 Å². The fraction of sp³-hybridized carbons (Fsp3) is 0.872. The lowest BCUT2D eigenvalue weighted by molar-refractivity contribution is -0.971. The Kier molecular flexibility index (Phi) is 33.3. The third-order valence-electron chi connectivity index (χ3n) is 11.6. The number of ether oxygens (including phenoxy) is 2. The summed E-state index contributed by atoms with van der Waals surface area (Å²) in [6.45, 7) is 13.5. The van der Waals surface area contributed by atoms with Gasteiger partial charge in [-0.3, -0.25) is 19.0 Å². The van der Waals surface area contributed by atoms with Gasteiger partial charge in [0.1, 0.15) is 0 Å². The largest absolute Gasteiger partial charge is 0.447 e. The summed E-state index contributed by atoms with van der Waals surface area (Å²) in [5.41, 5.74) is 5.93. The predicted octanol–water partition coefficient (Wildman–Crippen LogP) is 12.3. The minimum atomic E-state index is -0.240. The molecule has 0 spiro atoms. The summed E-state index contributed by atoms with van der Waals surface area (Å²) in [6, 6.07) is 0. The molecule has 1 aliphatic rings. The molecule has 0 saturated carbocycles. The Labute approximate surface area is 335 Å². The minimum absolute atomic E-state index is 0.0780. The molecule has 0 bridgehead atoms. The normalized spacial score (nSPS) is 15.9. The number of hydrogen-bond donors (Lipinski definition) is 1. The van der Waals surface area contributed by atoms with E-state index in [0.29, 0.717) is 19.4 Å². The lowest BCUT2D eigenvalue weighted by Crippen LogP contribution is -2.66. The van der Waals surface area contributed by atoms with Crippen molar-refractivity contribution in [3.05, 3.63) is 24.3 Å². The molecule has 7 nitrogen and oxygen atoms in total. The molecule has 0 amide bonds. The van der Waals surface area contributed by atoms with Crippen molar-refractivity contribution in [2.75, 3.05) is 39.3 Å². The fourth-order valence-electron chi connectivity index (χ4n) is 7.78. The monoisotopic (exact) mass is 761 g/mol. The number of carbonyl (C=O) groups excluding carboxylic acids is 2. The highest BCUT2D eigenvalue weighted by molar-refractivity contribution is 5.69. The molecule has 0 aromatic rings. The number of unbranched alkanes of at least 4 members (excludes halogenated alkanes) is 22. The number of quaternary nitrogens is 1. The van der Waals surface area contributed by atoms with Crippen LogP contribution in [0.5, 0.6) is 0 Å². The van der Waals surface area contributed by atoms with Crippen LogP contribution in [0.2, 0.25) is 0 Å². The Hall–Kier alpha value is -1.70. The standard InChI is InChI=1S/C47H90N3O4/c1-5-7-9-11-13-15-17-19-21-23-25-27-29-31-33-36-46(51)53-44(3)49-39-42-50(43-40-49,41-35-38-48)45(4)54-47(52)37-34-32-30-28-26-24-22-20-18-16-14-12-10-8-6-2/h19-22,44-45H,5-18,23-43,48H2,1-4H3/q+1/b21-19?,22-20-. The Balaban J connectivity index is 2.19. The average molecular weight is 761 g/mol. The molecule has 316 valence electrons. The summed E-state index contributed by atoms with van der Waals surface area (Å²) in [4.78, 5) is 27.8. The molecule has 1 heterocycles. The van der Waals surface area contributed by atoms with Gasteiger partial charge in [0.15, 0.2) is 6.23 Å². The van der Waals surface area contributed by atoms with Crippen molar-refractivity contribution in [1.29, 1.82) is 0 Å². The van der Waals surface area contributed by atoms with Crippen LogP contribution in [0.15, 0.2) is 24.3 Å². The molecular weight excluding hydrogens is 671 g/mol. The van der Waals surface area contributed by atoms with E-state index >= 15 is 0 Å². The number of allylic oxidation sites excluding steroid dienone is 4. The first kappa shape index (κ1) is 50.3. The number of carbonyl (C=O) groups is 2. The van der Waals surface area contributed by atoms with Gasteiger partial charge >= 0.3 is 11.9 Å². The van der Waals surface area contributed by atoms with Gasteiger partial charge < -0.3 is 15.2 Å². The van der Waals surface area contributed by atoms with Gasteiger partial charge in [-0.15, -0.1) is 0 Å². The molecule has 0 radical (unpaired) electrons. The van der Waals surface area contributed by atoms with Crippen molar-refractivity contribution in [3.8, 4) is 0 Å². The highest BCUT2D eigenvalue weighted by Gasteiger charge is 2.40. The Bertz CT molecular complexity index is 930. The first-order valence-electron chi connectivity index (χ1n) is 23.4. The van der Waals surface area contributed by atoms with Gasteiger partial charge in [-0.2, -0.15) is 0 Å². The molecule has 1 saturated heterocycles. The second-order valence-electron chi connectivity index (χ2n) is 16.4. The van der Waals surface area contributed by atoms with Crippen molar-refractivity contribution < 1.29 is 23.5 Å². The molecule has 2 unspecified atom stereocenters. The van der Waals surface area contributed by atoms with Crippen molar-refractivity contribution in [1.82, 2.24) is 4.90 Å². The number of hydrogen-bond acceptors (Lipinski definition) is 6. The third-order valence-corrected chi connectivity index (χ3v) is 11.6. The zero-order valence-corrected chi connectivity index (χ0v) is 36.3. The van der Waals surface area contributed by atoms with Gasteiger partial charge in [-0.25, -0.2) is 0 Å². The van der Waals surface area contributed by atoms with Crippen LogP contribution < -0.4 is 5.73 Å². The smallest absolute Gasteiger partial charge is 0.310 e. The lowest BCUT2D eigenvalue weighted by atomic mass is 10.1. The zero-order chi connectivity index (χ0) is 39.4. The van der Waals surface area contributed by atoms with Crippen LogP contribution in [-0.4, -0.2) is 73.0 Å². The Morgan fingerprint density at radius 2 is 0.926 bits per heavy atom. The maximum Gasteiger partial charge on any atom is 0.310 e. The molecule has 1 aliphatic heterocycles. The molecule has 7 heteroatoms. The van der Waals surface area contributed by atoms with E-state index in [1.807, 2.05) is 6.92 Å². The van der Waals surface area contributed by atoms with Crippen molar-refractivity contribution in [3.63, 3.8) is 0 Å². The zero-order valence-electron chi connectivity index (χ0n) is 36.3. The molecule has 54 heavy (non-hydrogen) atoms. The summed E-state index contributed by atoms with van der Waals surface area (Å²) in [6.07, 6.45) is 43.4. The van der Waals surface area contributed by atoms with Gasteiger partial charge in [0, 0.05) is 26.2 Å². The maximum absolute atomic E-state index is 12.9. The maximum atomic E-state index is 12.9. The van der Waals surface area contributed by atoms with E-state index in [1.165, 1.54) is 141 Å². The van der Waals surface area contributed by atoms with E-state index < -0.39 is 0 Å². The van der Waals surface area contributed by atoms with Crippen molar-refractivity contribution >= 4 is 11.9 Å². The number of esters is 2. The second kappa shape index (κ2) is 35.7. The van der Waals surface area contributed by atoms with Gasteiger partial charge in [0.25, 0.3) is 0 Å². The molecule has 0 aromatic carbocycles. The number of piperazine rings is 1. The molecule has 2 atom stereocenters. The van der Waals surface area contributed by atoms with E-state index in [9.17, 15) is 9.59 Å². The summed E-state index contributed by atoms with van der Waals surface area (Å²) in [7, 11) is 0. The summed E-state index contributed by atoms with van der Waals surface area (Å²) in [5.74, 6) is -0.168. The lowest BCUT2D eigenvalue weighted by Gasteiger charge is -2.48. The van der Waals surface area contributed by atoms with Gasteiger partial charge in [-0.05, 0) is 77.7 Å². The SMILES string of the molecule is CCCCCCCCC=CCCCCCCCC(=O)OC(C)N1CC[N+](CCCN)(C(C)OC(=O)CCCCCCC/C=C\CCCCCCCC)CC1. The van der Waals surface area contributed by atoms with Crippen molar-refractivity contribution in [2.24, 2.45) is 5.73 Å². The highest BCUT2D eigenvalue weighted by atomic mass is 16.6. The van der Waals surface area contributed by atoms with Gasteiger partial charge in [0.05, 0.1) is 32.7 Å². The molecule has 2 N–H and O–H groups in total. The molecule has 1 rings (SSSR count). The van der Waals surface area contributed by atoms with E-state index in [0.717, 1.165) is 69.3 Å². The topological polar surface area (TPSA) is 81.9 Å². The Morgan fingerprint density at radius 3 is 1.33 bits per heavy atom. The van der Waals surface area contributed by atoms with Crippen LogP contribution in [0.1, 0.15) is 214 Å². The van der Waals surface area contributed by atoms with Crippen LogP contribution in [0.4, 0.5) is 0 Å². The minimum Gasteiger partial charge on any atom is -0.447 e. The fourth-order valence-corrected chi connectivity index (χ4v) is 7.78. The summed E-state index contributed by atoms with van der Waals surface area (Å²) >= 11 is 0. The van der Waals surface area contributed by atoms with Crippen LogP contribution in [-0.2, 0) is 19.1 Å². The third kappa shape index (κ3) is 27.0. The van der Waals surface area contributed by atoms with Gasteiger partial charge in [-0.1, -0.05) is 141 Å². The van der Waals surface area contributed by atoms with Crippen LogP contribution in [0.3, 0.4) is 0 Å². The molecule has 0 aromatic heterocycles. The first-order valence-corrected chi connectivity index (χ1v) is 23.4. The quantitative estimate of drug-likeness (QED) is 0.0294. The predicted molar refractivity (Wildman–Crippen MR) is 230 cm³/mol. The summed E-state index contributed by atoms with van der Waals surface area (Å²) < 4.78 is 12.7. The number of nitrogens with zero attached hydrogens (tertiary/aromatic N) is 2. The highest BCUT2D eigenvalue weighted by Crippen LogP contribution is 2.23. The first-order chi connectivity index (χ1) is 26.4. The molecule has 0 aliphatic carbocycles.